The third kappa shape index (κ3) is 3.48. The number of hydrogen-bond donors (Lipinski definition) is 5. The van der Waals surface area contributed by atoms with E-state index in [4.69, 9.17) is 5.73 Å². The Morgan fingerprint density at radius 2 is 1.50 bits per heavy atom. The van der Waals surface area contributed by atoms with Crippen LogP contribution in [0.2, 0.25) is 0 Å². The third-order valence-electron chi connectivity index (χ3n) is 3.96. The van der Waals surface area contributed by atoms with E-state index in [1.807, 2.05) is 0 Å². The van der Waals surface area contributed by atoms with Gasteiger partial charge in [0.25, 0.3) is 0 Å². The maximum atomic E-state index is 10.3. The first-order valence-corrected chi connectivity index (χ1v) is 6.69. The van der Waals surface area contributed by atoms with Gasteiger partial charge < -0.3 is 26.2 Å². The van der Waals surface area contributed by atoms with Crippen LogP contribution in [-0.2, 0) is 0 Å². The summed E-state index contributed by atoms with van der Waals surface area (Å²) in [7, 11) is 0. The quantitative estimate of drug-likeness (QED) is 0.588. The Morgan fingerprint density at radius 3 is 2.00 bits per heavy atom. The molecule has 2 rings (SSSR count). The number of phenolic OH excluding ortho intramolecular Hbond substituents is 3. The lowest BCUT2D eigenvalue weighted by molar-refractivity contribution is 0.0603. The highest BCUT2D eigenvalue weighted by Gasteiger charge is 2.30. The van der Waals surface area contributed by atoms with Crippen LogP contribution < -0.4 is 5.73 Å². The molecule has 1 aromatic carbocycles. The summed E-state index contributed by atoms with van der Waals surface area (Å²) in [5.41, 5.74) is 6.06. The average Bonchev–Trinajstić information content (AvgIpc) is 2.37. The van der Waals surface area contributed by atoms with Crippen molar-refractivity contribution >= 4 is 12.4 Å². The van der Waals surface area contributed by atoms with Crippen LogP contribution in [0.3, 0.4) is 0 Å². The molecule has 0 saturated heterocycles. The van der Waals surface area contributed by atoms with Crippen LogP contribution in [0.25, 0.3) is 0 Å². The molecular formula is C14H22ClNO4. The van der Waals surface area contributed by atoms with Gasteiger partial charge >= 0.3 is 0 Å². The fourth-order valence-electron chi connectivity index (χ4n) is 2.89. The van der Waals surface area contributed by atoms with Crippen LogP contribution in [0.5, 0.6) is 17.2 Å². The van der Waals surface area contributed by atoms with Crippen molar-refractivity contribution in [2.75, 3.05) is 0 Å². The Balaban J connectivity index is 0.00000200. The number of phenols is 3. The highest BCUT2D eigenvalue weighted by Crippen LogP contribution is 2.39. The number of nitrogens with two attached hydrogens (primary N) is 1. The molecule has 2 atom stereocenters. The maximum absolute atomic E-state index is 10.3. The van der Waals surface area contributed by atoms with Gasteiger partial charge in [0.15, 0.2) is 0 Å². The van der Waals surface area contributed by atoms with E-state index in [1.54, 1.807) is 0 Å². The molecule has 0 amide bonds. The predicted octanol–water partition coefficient (Wildman–Crippen LogP) is 2.17. The number of halogens is 1. The van der Waals surface area contributed by atoms with Crippen molar-refractivity contribution in [1.82, 2.24) is 0 Å². The predicted molar refractivity (Wildman–Crippen MR) is 78.2 cm³/mol. The standard InChI is InChI=1S/C14H21NO4.ClH/c15-13(14(19)8-4-2-1-3-5-8)12-10(17)6-9(16)7-11(12)18;/h6-8,13-14,16-19H,1-5,15H2;1H/t13-,14+;/m1./s1. The summed E-state index contributed by atoms with van der Waals surface area (Å²) in [6.07, 6.45) is 4.34. The molecule has 0 unspecified atom stereocenters. The van der Waals surface area contributed by atoms with Crippen LogP contribution >= 0.6 is 12.4 Å². The second-order valence-corrected chi connectivity index (χ2v) is 5.31. The number of benzene rings is 1. The van der Waals surface area contributed by atoms with E-state index in [9.17, 15) is 20.4 Å². The van der Waals surface area contributed by atoms with Crippen molar-refractivity contribution in [3.8, 4) is 17.2 Å². The molecule has 1 aliphatic rings. The van der Waals surface area contributed by atoms with Crippen LogP contribution in [0.15, 0.2) is 12.1 Å². The Labute approximate surface area is 124 Å². The van der Waals surface area contributed by atoms with E-state index >= 15 is 0 Å². The highest BCUT2D eigenvalue weighted by atomic mass is 35.5. The number of aliphatic hydroxyl groups is 1. The lowest BCUT2D eigenvalue weighted by Crippen LogP contribution is -2.34. The molecule has 114 valence electrons. The lowest BCUT2D eigenvalue weighted by atomic mass is 9.81. The van der Waals surface area contributed by atoms with Gasteiger partial charge in [0.1, 0.15) is 17.2 Å². The van der Waals surface area contributed by atoms with Gasteiger partial charge in [-0.25, -0.2) is 0 Å². The van der Waals surface area contributed by atoms with E-state index in [0.717, 1.165) is 37.8 Å². The van der Waals surface area contributed by atoms with Gasteiger partial charge in [-0.05, 0) is 18.8 Å². The summed E-state index contributed by atoms with van der Waals surface area (Å²) >= 11 is 0. The van der Waals surface area contributed by atoms with Gasteiger partial charge in [-0.2, -0.15) is 0 Å². The molecule has 0 aromatic heterocycles. The summed E-state index contributed by atoms with van der Waals surface area (Å²) < 4.78 is 0. The van der Waals surface area contributed by atoms with Crippen molar-refractivity contribution in [2.24, 2.45) is 11.7 Å². The zero-order valence-corrected chi connectivity index (χ0v) is 12.0. The zero-order chi connectivity index (χ0) is 14.0. The molecule has 0 aliphatic heterocycles. The minimum absolute atomic E-state index is 0. The molecule has 20 heavy (non-hydrogen) atoms. The van der Waals surface area contributed by atoms with Gasteiger partial charge in [-0.15, -0.1) is 12.4 Å². The smallest absolute Gasteiger partial charge is 0.127 e. The largest absolute Gasteiger partial charge is 0.508 e. The topological polar surface area (TPSA) is 107 Å². The fraction of sp³-hybridized carbons (Fsp3) is 0.571. The van der Waals surface area contributed by atoms with Crippen LogP contribution in [-0.4, -0.2) is 26.5 Å². The van der Waals surface area contributed by atoms with E-state index in [-0.39, 0.29) is 41.1 Å². The molecule has 0 heterocycles. The number of hydrogen-bond acceptors (Lipinski definition) is 5. The van der Waals surface area contributed by atoms with Gasteiger partial charge in [0.05, 0.1) is 17.7 Å². The van der Waals surface area contributed by atoms with Crippen LogP contribution in [0.1, 0.15) is 43.7 Å². The summed E-state index contributed by atoms with van der Waals surface area (Å²) in [4.78, 5) is 0. The highest BCUT2D eigenvalue weighted by molar-refractivity contribution is 5.85. The van der Waals surface area contributed by atoms with E-state index < -0.39 is 12.1 Å². The first kappa shape index (κ1) is 16.9. The molecule has 6 N–H and O–H groups in total. The summed E-state index contributed by atoms with van der Waals surface area (Å²) in [6.45, 7) is 0. The second-order valence-electron chi connectivity index (χ2n) is 5.31. The molecule has 1 saturated carbocycles. The minimum Gasteiger partial charge on any atom is -0.508 e. The Bertz CT molecular complexity index is 426. The minimum atomic E-state index is -0.858. The summed E-state index contributed by atoms with van der Waals surface area (Å²) in [5.74, 6) is -0.728. The molecule has 6 heteroatoms. The third-order valence-corrected chi connectivity index (χ3v) is 3.96. The van der Waals surface area contributed by atoms with Gasteiger partial charge in [0, 0.05) is 12.1 Å². The fourth-order valence-corrected chi connectivity index (χ4v) is 2.89. The molecule has 1 aromatic rings. The van der Waals surface area contributed by atoms with E-state index in [1.165, 1.54) is 6.42 Å². The Morgan fingerprint density at radius 1 is 1.00 bits per heavy atom. The summed E-state index contributed by atoms with van der Waals surface area (Å²) in [5, 5.41) is 39.1. The second kappa shape index (κ2) is 7.02. The maximum Gasteiger partial charge on any atom is 0.127 e. The zero-order valence-electron chi connectivity index (χ0n) is 11.2. The number of aliphatic hydroxyl groups excluding tert-OH is 1. The van der Waals surface area contributed by atoms with E-state index in [0.29, 0.717) is 0 Å². The van der Waals surface area contributed by atoms with Crippen molar-refractivity contribution in [3.05, 3.63) is 17.7 Å². The molecule has 1 aliphatic carbocycles. The SMILES string of the molecule is Cl.N[C@H](c1c(O)cc(O)cc1O)[C@@H](O)C1CCCCC1. The molecule has 1 fully saturated rings. The van der Waals surface area contributed by atoms with Gasteiger partial charge in [0.2, 0.25) is 0 Å². The molecule has 5 nitrogen and oxygen atoms in total. The average molecular weight is 304 g/mol. The van der Waals surface area contributed by atoms with Crippen molar-refractivity contribution < 1.29 is 20.4 Å². The Kier molecular flexibility index (Phi) is 5.92. The van der Waals surface area contributed by atoms with Crippen LogP contribution in [0, 0.1) is 5.92 Å². The Hall–Kier alpha value is -1.17. The first-order valence-electron chi connectivity index (χ1n) is 6.69. The van der Waals surface area contributed by atoms with Gasteiger partial charge in [-0.1, -0.05) is 19.3 Å². The number of rotatable bonds is 3. The lowest BCUT2D eigenvalue weighted by Gasteiger charge is -2.31. The van der Waals surface area contributed by atoms with Crippen LogP contribution in [0.4, 0.5) is 0 Å². The van der Waals surface area contributed by atoms with Crippen molar-refractivity contribution in [3.63, 3.8) is 0 Å². The molecule has 0 bridgehead atoms. The van der Waals surface area contributed by atoms with Gasteiger partial charge in [-0.3, -0.25) is 0 Å². The van der Waals surface area contributed by atoms with Crippen molar-refractivity contribution in [1.29, 1.82) is 0 Å². The normalized spacial score (nSPS) is 19.1. The molecule has 0 spiro atoms. The molecule has 0 radical (unpaired) electrons. The molecular weight excluding hydrogens is 282 g/mol. The first-order chi connectivity index (χ1) is 9.00. The monoisotopic (exact) mass is 303 g/mol. The van der Waals surface area contributed by atoms with Crippen molar-refractivity contribution in [2.45, 2.75) is 44.2 Å². The number of aromatic hydroxyl groups is 3. The summed E-state index contributed by atoms with van der Waals surface area (Å²) in [6, 6.07) is 1.37. The van der Waals surface area contributed by atoms with E-state index in [2.05, 4.69) is 0 Å².